The lowest BCUT2D eigenvalue weighted by Crippen LogP contribution is -2.50. The molecule has 0 aliphatic heterocycles. The minimum atomic E-state index is -0.581. The molecular formula is C15H18N2. The zero-order valence-electron chi connectivity index (χ0n) is 10.3. The van der Waals surface area contributed by atoms with Crippen molar-refractivity contribution >= 4 is 0 Å². The Balaban J connectivity index is 2.55. The van der Waals surface area contributed by atoms with Crippen LogP contribution in [0.1, 0.15) is 11.1 Å². The van der Waals surface area contributed by atoms with Gasteiger partial charge in [-0.25, -0.2) is 0 Å². The highest BCUT2D eigenvalue weighted by atomic mass is 15.2. The molecule has 0 saturated heterocycles. The van der Waals surface area contributed by atoms with E-state index in [1.165, 1.54) is 0 Å². The van der Waals surface area contributed by atoms with E-state index >= 15 is 0 Å². The number of hydrogen-bond acceptors (Lipinski definition) is 2. The second kappa shape index (κ2) is 4.70. The van der Waals surface area contributed by atoms with Crippen molar-refractivity contribution in [2.24, 2.45) is 5.73 Å². The van der Waals surface area contributed by atoms with Gasteiger partial charge < -0.3 is 5.73 Å². The van der Waals surface area contributed by atoms with Gasteiger partial charge in [-0.1, -0.05) is 60.7 Å². The summed E-state index contributed by atoms with van der Waals surface area (Å²) in [4.78, 5) is 2.04. The van der Waals surface area contributed by atoms with E-state index in [2.05, 4.69) is 24.3 Å². The van der Waals surface area contributed by atoms with Crippen LogP contribution in [0, 0.1) is 0 Å². The van der Waals surface area contributed by atoms with Gasteiger partial charge in [0.1, 0.15) is 5.66 Å². The molecule has 88 valence electrons. The van der Waals surface area contributed by atoms with E-state index in [0.717, 1.165) is 11.1 Å². The SMILES string of the molecule is CN(C)C(N)(c1ccccc1)c1ccccc1. The van der Waals surface area contributed by atoms with Gasteiger partial charge in [0.05, 0.1) is 0 Å². The van der Waals surface area contributed by atoms with Crippen molar-refractivity contribution in [2.45, 2.75) is 5.66 Å². The zero-order valence-corrected chi connectivity index (χ0v) is 10.3. The zero-order chi connectivity index (χ0) is 12.3. The molecule has 0 heterocycles. The maximum atomic E-state index is 6.61. The summed E-state index contributed by atoms with van der Waals surface area (Å²) < 4.78 is 0. The first kappa shape index (κ1) is 11.8. The molecule has 0 saturated carbocycles. The molecule has 2 aromatic rings. The Morgan fingerprint density at radius 1 is 0.765 bits per heavy atom. The Morgan fingerprint density at radius 3 is 1.41 bits per heavy atom. The van der Waals surface area contributed by atoms with Crippen LogP contribution in [0.5, 0.6) is 0 Å². The fourth-order valence-corrected chi connectivity index (χ4v) is 2.07. The summed E-state index contributed by atoms with van der Waals surface area (Å²) in [6, 6.07) is 20.3. The number of rotatable bonds is 3. The molecule has 0 fully saturated rings. The summed E-state index contributed by atoms with van der Waals surface area (Å²) in [5, 5.41) is 0. The third-order valence-corrected chi connectivity index (χ3v) is 3.13. The van der Waals surface area contributed by atoms with Gasteiger partial charge in [-0.05, 0) is 25.2 Å². The fraction of sp³-hybridized carbons (Fsp3) is 0.200. The van der Waals surface area contributed by atoms with Gasteiger partial charge in [0, 0.05) is 0 Å². The molecule has 0 bridgehead atoms. The van der Waals surface area contributed by atoms with Crippen LogP contribution in [0.3, 0.4) is 0 Å². The molecule has 0 atom stereocenters. The van der Waals surface area contributed by atoms with Gasteiger partial charge in [-0.15, -0.1) is 0 Å². The van der Waals surface area contributed by atoms with Gasteiger partial charge in [0.25, 0.3) is 0 Å². The van der Waals surface area contributed by atoms with Crippen molar-refractivity contribution in [3.63, 3.8) is 0 Å². The highest BCUT2D eigenvalue weighted by molar-refractivity contribution is 5.36. The average Bonchev–Trinajstić information content (AvgIpc) is 2.39. The van der Waals surface area contributed by atoms with Gasteiger partial charge in [-0.3, -0.25) is 4.90 Å². The molecule has 2 heteroatoms. The molecule has 0 spiro atoms. The number of benzene rings is 2. The molecule has 0 aromatic heterocycles. The maximum Gasteiger partial charge on any atom is 0.121 e. The predicted molar refractivity (Wildman–Crippen MR) is 71.5 cm³/mol. The van der Waals surface area contributed by atoms with E-state index < -0.39 is 5.66 Å². The highest BCUT2D eigenvalue weighted by Gasteiger charge is 2.31. The lowest BCUT2D eigenvalue weighted by Gasteiger charge is -2.37. The van der Waals surface area contributed by atoms with Crippen molar-refractivity contribution < 1.29 is 0 Å². The molecule has 0 amide bonds. The van der Waals surface area contributed by atoms with Crippen LogP contribution in [-0.4, -0.2) is 19.0 Å². The molecule has 17 heavy (non-hydrogen) atoms. The molecule has 2 aromatic carbocycles. The van der Waals surface area contributed by atoms with Crippen molar-refractivity contribution in [2.75, 3.05) is 14.1 Å². The second-order valence-electron chi connectivity index (χ2n) is 4.39. The lowest BCUT2D eigenvalue weighted by molar-refractivity contribution is 0.207. The molecule has 2 rings (SSSR count). The third-order valence-electron chi connectivity index (χ3n) is 3.13. The van der Waals surface area contributed by atoms with Gasteiger partial charge in [0.15, 0.2) is 0 Å². The summed E-state index contributed by atoms with van der Waals surface area (Å²) in [7, 11) is 4.00. The molecule has 0 aliphatic carbocycles. The Morgan fingerprint density at radius 2 is 1.12 bits per heavy atom. The average molecular weight is 226 g/mol. The van der Waals surface area contributed by atoms with Crippen LogP contribution in [-0.2, 0) is 5.66 Å². The van der Waals surface area contributed by atoms with Crippen LogP contribution >= 0.6 is 0 Å². The van der Waals surface area contributed by atoms with Crippen molar-refractivity contribution in [3.8, 4) is 0 Å². The molecule has 0 aliphatic rings. The standard InChI is InChI=1S/C15H18N2/c1-17(2)15(16,13-9-5-3-6-10-13)14-11-7-4-8-12-14/h3-12H,16H2,1-2H3. The Kier molecular flexibility index (Phi) is 3.27. The van der Waals surface area contributed by atoms with E-state index in [-0.39, 0.29) is 0 Å². The van der Waals surface area contributed by atoms with Crippen LogP contribution in [0.4, 0.5) is 0 Å². The number of nitrogens with zero attached hydrogens (tertiary/aromatic N) is 1. The van der Waals surface area contributed by atoms with E-state index in [9.17, 15) is 0 Å². The highest BCUT2D eigenvalue weighted by Crippen LogP contribution is 2.28. The quantitative estimate of drug-likeness (QED) is 0.814. The Hall–Kier alpha value is -1.64. The minimum absolute atomic E-state index is 0.581. The summed E-state index contributed by atoms with van der Waals surface area (Å²) in [5.74, 6) is 0. The van der Waals surface area contributed by atoms with Crippen LogP contribution < -0.4 is 5.73 Å². The number of hydrogen-bond donors (Lipinski definition) is 1. The summed E-state index contributed by atoms with van der Waals surface area (Å²) >= 11 is 0. The smallest absolute Gasteiger partial charge is 0.121 e. The predicted octanol–water partition coefficient (Wildman–Crippen LogP) is 2.41. The lowest BCUT2D eigenvalue weighted by atomic mass is 9.91. The van der Waals surface area contributed by atoms with Crippen LogP contribution in [0.25, 0.3) is 0 Å². The molecule has 0 unspecified atom stereocenters. The van der Waals surface area contributed by atoms with Crippen LogP contribution in [0.2, 0.25) is 0 Å². The van der Waals surface area contributed by atoms with Gasteiger partial charge in [0.2, 0.25) is 0 Å². The molecule has 2 N–H and O–H groups in total. The van der Waals surface area contributed by atoms with Crippen molar-refractivity contribution in [3.05, 3.63) is 71.8 Å². The molecular weight excluding hydrogens is 208 g/mol. The summed E-state index contributed by atoms with van der Waals surface area (Å²) in [6.45, 7) is 0. The molecule has 0 radical (unpaired) electrons. The van der Waals surface area contributed by atoms with E-state index in [0.29, 0.717) is 0 Å². The monoisotopic (exact) mass is 226 g/mol. The minimum Gasteiger partial charge on any atom is -0.306 e. The Labute approximate surface area is 103 Å². The number of nitrogens with two attached hydrogens (primary N) is 1. The first-order valence-corrected chi connectivity index (χ1v) is 5.73. The van der Waals surface area contributed by atoms with Gasteiger partial charge in [-0.2, -0.15) is 0 Å². The summed E-state index contributed by atoms with van der Waals surface area (Å²) in [5.41, 5.74) is 8.22. The van der Waals surface area contributed by atoms with Crippen LogP contribution in [0.15, 0.2) is 60.7 Å². The van der Waals surface area contributed by atoms with Crippen molar-refractivity contribution in [1.29, 1.82) is 0 Å². The second-order valence-corrected chi connectivity index (χ2v) is 4.39. The first-order valence-electron chi connectivity index (χ1n) is 5.73. The van der Waals surface area contributed by atoms with E-state index in [1.807, 2.05) is 55.4 Å². The topological polar surface area (TPSA) is 29.3 Å². The van der Waals surface area contributed by atoms with Gasteiger partial charge >= 0.3 is 0 Å². The Bertz CT molecular complexity index is 423. The summed E-state index contributed by atoms with van der Waals surface area (Å²) in [6.07, 6.45) is 0. The maximum absolute atomic E-state index is 6.61. The van der Waals surface area contributed by atoms with E-state index in [4.69, 9.17) is 5.73 Å². The largest absolute Gasteiger partial charge is 0.306 e. The fourth-order valence-electron chi connectivity index (χ4n) is 2.07. The van der Waals surface area contributed by atoms with E-state index in [1.54, 1.807) is 0 Å². The first-order chi connectivity index (χ1) is 8.15. The third kappa shape index (κ3) is 2.09. The molecule has 2 nitrogen and oxygen atoms in total. The normalized spacial score (nSPS) is 11.8. The van der Waals surface area contributed by atoms with Crippen molar-refractivity contribution in [1.82, 2.24) is 4.90 Å².